The Bertz CT molecular complexity index is 1040. The molecule has 40 heavy (non-hydrogen) atoms. The van der Waals surface area contributed by atoms with Crippen molar-refractivity contribution < 1.29 is 24.2 Å². The molecule has 1 aliphatic carbocycles. The predicted octanol–water partition coefficient (Wildman–Crippen LogP) is 3.80. The average molecular weight is 565 g/mol. The lowest BCUT2D eigenvalue weighted by atomic mass is 9.89. The third-order valence-electron chi connectivity index (χ3n) is 6.84. The fourth-order valence-corrected chi connectivity index (χ4v) is 4.80. The molecular weight excluding hydrogens is 520 g/mol. The summed E-state index contributed by atoms with van der Waals surface area (Å²) in [5.74, 6) is -0.848. The summed E-state index contributed by atoms with van der Waals surface area (Å²) < 4.78 is 5.87. The van der Waals surface area contributed by atoms with Crippen LogP contribution in [-0.4, -0.2) is 59.0 Å². The first-order valence-corrected chi connectivity index (χ1v) is 13.8. The number of nitro benzene ring substituents is 2. The van der Waals surface area contributed by atoms with E-state index in [0.717, 1.165) is 25.5 Å². The Balaban J connectivity index is 1.80. The summed E-state index contributed by atoms with van der Waals surface area (Å²) in [7, 11) is 0. The zero-order chi connectivity index (χ0) is 29.9. The van der Waals surface area contributed by atoms with Crippen molar-refractivity contribution in [2.45, 2.75) is 96.7 Å². The van der Waals surface area contributed by atoms with Gasteiger partial charge in [0.25, 0.3) is 11.4 Å². The molecule has 0 aromatic heterocycles. The molecule has 1 fully saturated rings. The van der Waals surface area contributed by atoms with Gasteiger partial charge in [-0.15, -0.1) is 0 Å². The lowest BCUT2D eigenvalue weighted by Crippen LogP contribution is -2.46. The fourth-order valence-electron chi connectivity index (χ4n) is 4.80. The maximum atomic E-state index is 12.7. The quantitative estimate of drug-likeness (QED) is 0.117. The minimum atomic E-state index is -0.761. The Morgan fingerprint density at radius 3 is 2.35 bits per heavy atom. The van der Waals surface area contributed by atoms with Gasteiger partial charge >= 0.3 is 0 Å². The van der Waals surface area contributed by atoms with Crippen LogP contribution in [0.1, 0.15) is 79.1 Å². The van der Waals surface area contributed by atoms with Gasteiger partial charge in [0.15, 0.2) is 0 Å². The molecule has 0 radical (unpaired) electrons. The summed E-state index contributed by atoms with van der Waals surface area (Å²) in [4.78, 5) is 45.6. The summed E-state index contributed by atoms with van der Waals surface area (Å²) >= 11 is 0. The molecule has 1 saturated carbocycles. The molecule has 13 nitrogen and oxygen atoms in total. The molecule has 0 spiro atoms. The van der Waals surface area contributed by atoms with Gasteiger partial charge in [0.05, 0.1) is 34.7 Å². The van der Waals surface area contributed by atoms with Crippen molar-refractivity contribution in [2.75, 3.05) is 25.1 Å². The Hall–Kier alpha value is -3.32. The third kappa shape index (κ3) is 11.4. The maximum Gasteiger partial charge on any atom is 0.299 e. The van der Waals surface area contributed by atoms with Crippen LogP contribution in [0.2, 0.25) is 0 Å². The van der Waals surface area contributed by atoms with Gasteiger partial charge in [-0.3, -0.25) is 29.8 Å². The molecule has 0 aliphatic heterocycles. The monoisotopic (exact) mass is 564 g/mol. The topological polar surface area (TPSA) is 192 Å². The van der Waals surface area contributed by atoms with Crippen LogP contribution in [0.3, 0.4) is 0 Å². The van der Waals surface area contributed by atoms with Crippen molar-refractivity contribution >= 4 is 28.9 Å². The molecule has 0 saturated heterocycles. The highest BCUT2D eigenvalue weighted by atomic mass is 16.6. The number of rotatable bonds is 18. The second-order valence-electron chi connectivity index (χ2n) is 12.0. The smallest absolute Gasteiger partial charge is 0.299 e. The van der Waals surface area contributed by atoms with Crippen LogP contribution in [-0.2, 0) is 14.3 Å². The van der Waals surface area contributed by atoms with Crippen LogP contribution in [0.5, 0.6) is 0 Å². The Morgan fingerprint density at radius 1 is 1.07 bits per heavy atom. The molecule has 0 heterocycles. The molecule has 2 amide bonds. The highest BCUT2D eigenvalue weighted by Crippen LogP contribution is 2.31. The first-order valence-electron chi connectivity index (χ1n) is 13.8. The highest BCUT2D eigenvalue weighted by molar-refractivity contribution is 5.86. The summed E-state index contributed by atoms with van der Waals surface area (Å²) in [6, 6.07) is 3.27. The fraction of sp³-hybridized carbons (Fsp3) is 0.704. The van der Waals surface area contributed by atoms with Gasteiger partial charge in [0, 0.05) is 18.5 Å². The minimum absolute atomic E-state index is 0.113. The zero-order valence-electron chi connectivity index (χ0n) is 24.0. The normalized spacial score (nSPS) is 15.0. The number of hydrogen-bond donors (Lipinski definition) is 4. The average Bonchev–Trinajstić information content (AvgIpc) is 3.35. The molecular formula is C27H44N6O7. The van der Waals surface area contributed by atoms with E-state index in [4.69, 9.17) is 10.5 Å². The molecule has 1 atom stereocenters. The summed E-state index contributed by atoms with van der Waals surface area (Å²) in [6.45, 7) is 8.52. The Labute approximate surface area is 235 Å². The van der Waals surface area contributed by atoms with Crippen LogP contribution in [0.25, 0.3) is 0 Å². The Kier molecular flexibility index (Phi) is 12.2. The lowest BCUT2D eigenvalue weighted by Gasteiger charge is -2.30. The Morgan fingerprint density at radius 2 is 1.75 bits per heavy atom. The number of hydrogen-bond acceptors (Lipinski definition) is 9. The van der Waals surface area contributed by atoms with E-state index in [2.05, 4.69) is 16.0 Å². The molecule has 5 N–H and O–H groups in total. The van der Waals surface area contributed by atoms with E-state index < -0.39 is 38.4 Å². The van der Waals surface area contributed by atoms with E-state index >= 15 is 0 Å². The second kappa shape index (κ2) is 14.9. The maximum absolute atomic E-state index is 12.7. The molecule has 2 rings (SSSR count). The number of anilines is 1. The van der Waals surface area contributed by atoms with Gasteiger partial charge in [0.1, 0.15) is 11.7 Å². The zero-order valence-corrected chi connectivity index (χ0v) is 24.0. The SMILES string of the molecule is CC(C)(COCC(C)(C)Nc1ccc([N+](=O)[O-])cc1[N+](=O)[O-])CC(=O)NC(CCCCNC1CCCC1)C(N)=O. The number of nitro groups is 2. The number of non-ortho nitro benzene ring substituents is 1. The molecule has 224 valence electrons. The summed E-state index contributed by atoms with van der Waals surface area (Å²) in [5, 5.41) is 31.7. The van der Waals surface area contributed by atoms with Crippen molar-refractivity contribution in [3.63, 3.8) is 0 Å². The summed E-state index contributed by atoms with van der Waals surface area (Å²) in [5.41, 5.74) is 3.56. The largest absolute Gasteiger partial charge is 0.378 e. The standard InChI is InChI=1S/C27H44N6O7/c1-26(2,16-24(34)30-22(25(28)35)11-7-8-14-29-19-9-5-6-10-19)17-40-18-27(3,4)31-21-13-12-20(32(36)37)15-23(21)33(38)39/h12-13,15,19,22,29,31H,5-11,14,16-18H2,1-4H3,(H2,28,35)(H,30,34). The highest BCUT2D eigenvalue weighted by Gasteiger charge is 2.29. The van der Waals surface area contributed by atoms with E-state index in [0.29, 0.717) is 12.5 Å². The van der Waals surface area contributed by atoms with E-state index in [-0.39, 0.29) is 36.9 Å². The number of nitrogens with one attached hydrogen (secondary N) is 3. The minimum Gasteiger partial charge on any atom is -0.378 e. The lowest BCUT2D eigenvalue weighted by molar-refractivity contribution is -0.393. The molecule has 13 heteroatoms. The van der Waals surface area contributed by atoms with E-state index in [1.807, 2.05) is 13.8 Å². The van der Waals surface area contributed by atoms with Crippen molar-refractivity contribution in [1.29, 1.82) is 0 Å². The third-order valence-corrected chi connectivity index (χ3v) is 6.84. The molecule has 0 bridgehead atoms. The van der Waals surface area contributed by atoms with E-state index in [9.17, 15) is 29.8 Å². The van der Waals surface area contributed by atoms with Crippen LogP contribution in [0.4, 0.5) is 17.1 Å². The van der Waals surface area contributed by atoms with E-state index in [1.165, 1.54) is 37.8 Å². The van der Waals surface area contributed by atoms with Gasteiger partial charge in [-0.1, -0.05) is 26.7 Å². The van der Waals surface area contributed by atoms with Gasteiger partial charge in [-0.2, -0.15) is 0 Å². The van der Waals surface area contributed by atoms with Gasteiger partial charge in [-0.25, -0.2) is 0 Å². The molecule has 1 aromatic carbocycles. The van der Waals surface area contributed by atoms with Gasteiger partial charge in [-0.05, 0) is 64.0 Å². The van der Waals surface area contributed by atoms with E-state index in [1.54, 1.807) is 13.8 Å². The number of carbonyl (C=O) groups is 2. The van der Waals surface area contributed by atoms with Crippen molar-refractivity contribution in [1.82, 2.24) is 10.6 Å². The van der Waals surface area contributed by atoms with Crippen molar-refractivity contribution in [3.05, 3.63) is 38.4 Å². The number of nitrogens with zero attached hydrogens (tertiary/aromatic N) is 2. The van der Waals surface area contributed by atoms with Crippen LogP contribution < -0.4 is 21.7 Å². The van der Waals surface area contributed by atoms with Gasteiger partial charge < -0.3 is 26.4 Å². The number of primary amides is 1. The number of ether oxygens (including phenoxy) is 1. The molecule has 1 aromatic rings. The number of carbonyl (C=O) groups excluding carboxylic acids is 2. The number of amides is 2. The number of unbranched alkanes of at least 4 members (excludes halogenated alkanes) is 1. The van der Waals surface area contributed by atoms with Crippen molar-refractivity contribution in [2.24, 2.45) is 11.1 Å². The molecule has 1 unspecified atom stereocenters. The second-order valence-corrected chi connectivity index (χ2v) is 12.0. The summed E-state index contributed by atoms with van der Waals surface area (Å²) in [6.07, 6.45) is 7.26. The van der Waals surface area contributed by atoms with Crippen LogP contribution in [0, 0.1) is 25.6 Å². The number of nitrogens with two attached hydrogens (primary N) is 1. The van der Waals surface area contributed by atoms with Crippen LogP contribution >= 0.6 is 0 Å². The van der Waals surface area contributed by atoms with Crippen molar-refractivity contribution in [3.8, 4) is 0 Å². The van der Waals surface area contributed by atoms with Crippen LogP contribution in [0.15, 0.2) is 18.2 Å². The predicted molar refractivity (Wildman–Crippen MR) is 152 cm³/mol. The first-order chi connectivity index (χ1) is 18.7. The number of benzene rings is 1. The first kappa shape index (κ1) is 32.9. The van der Waals surface area contributed by atoms with Gasteiger partial charge in [0.2, 0.25) is 11.8 Å². The molecule has 1 aliphatic rings.